The van der Waals surface area contributed by atoms with Gasteiger partial charge < -0.3 is 10.1 Å². The normalized spacial score (nSPS) is 10.9. The van der Waals surface area contributed by atoms with Crippen LogP contribution in [0.3, 0.4) is 0 Å². The summed E-state index contributed by atoms with van der Waals surface area (Å²) in [5.74, 6) is 0.213. The fourth-order valence-corrected chi connectivity index (χ4v) is 2.54. The Hall–Kier alpha value is -2.54. The van der Waals surface area contributed by atoms with E-state index in [-0.39, 0.29) is 17.0 Å². The lowest BCUT2D eigenvalue weighted by molar-refractivity contribution is 0.102. The van der Waals surface area contributed by atoms with Crippen molar-refractivity contribution in [1.82, 2.24) is 0 Å². The van der Waals surface area contributed by atoms with Crippen LogP contribution in [-0.2, 0) is 10.0 Å². The third-order valence-corrected chi connectivity index (χ3v) is 4.46. The highest BCUT2D eigenvalue weighted by molar-refractivity contribution is 7.92. The molecular weight excluding hydrogens is 316 g/mol. The number of hydrogen-bond donors (Lipinski definition) is 2. The van der Waals surface area contributed by atoms with Gasteiger partial charge in [-0.2, -0.15) is 0 Å². The molecule has 0 radical (unpaired) electrons. The number of nitrogens with one attached hydrogen (secondary N) is 2. The number of methoxy groups -OCH3 is 1. The number of rotatable bonds is 6. The highest BCUT2D eigenvalue weighted by Gasteiger charge is 2.15. The van der Waals surface area contributed by atoms with Crippen molar-refractivity contribution in [3.8, 4) is 5.75 Å². The zero-order valence-electron chi connectivity index (χ0n) is 12.9. The molecule has 2 rings (SSSR count). The van der Waals surface area contributed by atoms with E-state index in [2.05, 4.69) is 10.0 Å². The van der Waals surface area contributed by atoms with Crippen LogP contribution in [0.15, 0.2) is 48.5 Å². The largest absolute Gasteiger partial charge is 0.497 e. The maximum Gasteiger partial charge on any atom is 0.257 e. The van der Waals surface area contributed by atoms with Crippen molar-refractivity contribution in [1.29, 1.82) is 0 Å². The Kier molecular flexibility index (Phi) is 5.23. The van der Waals surface area contributed by atoms with E-state index < -0.39 is 15.9 Å². The van der Waals surface area contributed by atoms with Crippen LogP contribution in [0.25, 0.3) is 0 Å². The quantitative estimate of drug-likeness (QED) is 0.850. The zero-order valence-corrected chi connectivity index (χ0v) is 13.7. The van der Waals surface area contributed by atoms with E-state index in [1.807, 2.05) is 0 Å². The number of hydrogen-bond acceptors (Lipinski definition) is 4. The molecule has 0 aliphatic carbocycles. The molecule has 0 heterocycles. The monoisotopic (exact) mass is 334 g/mol. The van der Waals surface area contributed by atoms with Crippen molar-refractivity contribution in [3.63, 3.8) is 0 Å². The molecule has 0 bridgehead atoms. The number of benzene rings is 2. The molecule has 0 aliphatic heterocycles. The first kappa shape index (κ1) is 16.8. The number of carbonyl (C=O) groups is 1. The summed E-state index contributed by atoms with van der Waals surface area (Å²) in [7, 11) is -1.90. The smallest absolute Gasteiger partial charge is 0.257 e. The van der Waals surface area contributed by atoms with Crippen LogP contribution in [-0.4, -0.2) is 27.2 Å². The highest BCUT2D eigenvalue weighted by atomic mass is 32.2. The van der Waals surface area contributed by atoms with Crippen LogP contribution < -0.4 is 14.8 Å². The SMILES string of the molecule is CCS(=O)(=O)Nc1ccccc1C(=O)Nc1ccc(OC)cc1. The van der Waals surface area contributed by atoms with Gasteiger partial charge in [0.25, 0.3) is 5.91 Å². The van der Waals surface area contributed by atoms with Gasteiger partial charge in [0.1, 0.15) is 5.75 Å². The summed E-state index contributed by atoms with van der Waals surface area (Å²) in [5.41, 5.74) is 1.09. The Morgan fingerprint density at radius 3 is 2.35 bits per heavy atom. The maximum absolute atomic E-state index is 12.4. The summed E-state index contributed by atoms with van der Waals surface area (Å²) in [6, 6.07) is 13.3. The number of para-hydroxylation sites is 1. The third-order valence-electron chi connectivity index (χ3n) is 3.17. The fourth-order valence-electron chi connectivity index (χ4n) is 1.88. The molecule has 0 fully saturated rings. The van der Waals surface area contributed by atoms with Gasteiger partial charge in [-0.25, -0.2) is 8.42 Å². The van der Waals surface area contributed by atoms with Crippen LogP contribution in [0.5, 0.6) is 5.75 Å². The molecule has 0 atom stereocenters. The lowest BCUT2D eigenvalue weighted by atomic mass is 10.1. The Balaban J connectivity index is 2.22. The predicted molar refractivity (Wildman–Crippen MR) is 90.5 cm³/mol. The van der Waals surface area contributed by atoms with Crippen molar-refractivity contribution >= 4 is 27.3 Å². The lowest BCUT2D eigenvalue weighted by Gasteiger charge is -2.12. The van der Waals surface area contributed by atoms with E-state index in [9.17, 15) is 13.2 Å². The second kappa shape index (κ2) is 7.15. The average Bonchev–Trinajstić information content (AvgIpc) is 2.55. The van der Waals surface area contributed by atoms with E-state index in [1.165, 1.54) is 6.92 Å². The van der Waals surface area contributed by atoms with E-state index >= 15 is 0 Å². The van der Waals surface area contributed by atoms with Gasteiger partial charge in [-0.1, -0.05) is 12.1 Å². The second-order valence-corrected chi connectivity index (χ2v) is 6.74. The summed E-state index contributed by atoms with van der Waals surface area (Å²) in [6.07, 6.45) is 0. The summed E-state index contributed by atoms with van der Waals surface area (Å²) < 4.78 is 30.9. The van der Waals surface area contributed by atoms with Crippen molar-refractivity contribution in [2.24, 2.45) is 0 Å². The van der Waals surface area contributed by atoms with Crippen LogP contribution in [0.2, 0.25) is 0 Å². The van der Waals surface area contributed by atoms with Gasteiger partial charge in [0.15, 0.2) is 0 Å². The Labute approximate surface area is 135 Å². The van der Waals surface area contributed by atoms with E-state index in [0.717, 1.165) is 0 Å². The molecule has 0 aliphatic rings. The summed E-state index contributed by atoms with van der Waals surface area (Å²) in [4.78, 5) is 12.4. The van der Waals surface area contributed by atoms with Crippen molar-refractivity contribution in [2.75, 3.05) is 22.9 Å². The summed E-state index contributed by atoms with van der Waals surface area (Å²) >= 11 is 0. The van der Waals surface area contributed by atoms with E-state index in [4.69, 9.17) is 4.74 Å². The van der Waals surface area contributed by atoms with Gasteiger partial charge in [-0.15, -0.1) is 0 Å². The molecule has 0 saturated heterocycles. The second-order valence-electron chi connectivity index (χ2n) is 4.73. The first-order valence-corrected chi connectivity index (χ1v) is 8.65. The Morgan fingerprint density at radius 2 is 1.74 bits per heavy atom. The molecule has 122 valence electrons. The van der Waals surface area contributed by atoms with Gasteiger partial charge in [0.05, 0.1) is 24.1 Å². The molecular formula is C16H18N2O4S. The molecule has 0 aromatic heterocycles. The molecule has 7 heteroatoms. The molecule has 0 spiro atoms. The summed E-state index contributed by atoms with van der Waals surface area (Å²) in [5, 5.41) is 2.72. The molecule has 23 heavy (non-hydrogen) atoms. The summed E-state index contributed by atoms with van der Waals surface area (Å²) in [6.45, 7) is 1.53. The molecule has 2 N–H and O–H groups in total. The number of sulfonamides is 1. The number of ether oxygens (including phenoxy) is 1. The van der Waals surface area contributed by atoms with Gasteiger partial charge in [0.2, 0.25) is 10.0 Å². The predicted octanol–water partition coefficient (Wildman–Crippen LogP) is 2.71. The van der Waals surface area contributed by atoms with Gasteiger partial charge in [-0.05, 0) is 43.3 Å². The van der Waals surface area contributed by atoms with Gasteiger partial charge >= 0.3 is 0 Å². The van der Waals surface area contributed by atoms with E-state index in [0.29, 0.717) is 11.4 Å². The first-order valence-electron chi connectivity index (χ1n) is 7.00. The Bertz CT molecular complexity index is 786. The van der Waals surface area contributed by atoms with Crippen LogP contribution in [0, 0.1) is 0 Å². The van der Waals surface area contributed by atoms with Crippen molar-refractivity contribution < 1.29 is 17.9 Å². The number of carbonyl (C=O) groups excluding carboxylic acids is 1. The van der Waals surface area contributed by atoms with Crippen molar-refractivity contribution in [2.45, 2.75) is 6.92 Å². The number of amides is 1. The van der Waals surface area contributed by atoms with Gasteiger partial charge in [-0.3, -0.25) is 9.52 Å². The number of anilines is 2. The van der Waals surface area contributed by atoms with E-state index in [1.54, 1.807) is 55.6 Å². The third kappa shape index (κ3) is 4.46. The lowest BCUT2D eigenvalue weighted by Crippen LogP contribution is -2.19. The molecule has 0 saturated carbocycles. The minimum atomic E-state index is -3.46. The fraction of sp³-hybridized carbons (Fsp3) is 0.188. The topological polar surface area (TPSA) is 84.5 Å². The average molecular weight is 334 g/mol. The minimum absolute atomic E-state index is 0.0680. The molecule has 6 nitrogen and oxygen atoms in total. The van der Waals surface area contributed by atoms with Crippen LogP contribution >= 0.6 is 0 Å². The minimum Gasteiger partial charge on any atom is -0.497 e. The molecule has 1 amide bonds. The van der Waals surface area contributed by atoms with Gasteiger partial charge in [0, 0.05) is 5.69 Å². The highest BCUT2D eigenvalue weighted by Crippen LogP contribution is 2.20. The molecule has 2 aromatic carbocycles. The molecule has 0 unspecified atom stereocenters. The molecule has 2 aromatic rings. The van der Waals surface area contributed by atoms with Crippen molar-refractivity contribution in [3.05, 3.63) is 54.1 Å². The standard InChI is InChI=1S/C16H18N2O4S/c1-3-23(20,21)18-15-7-5-4-6-14(15)16(19)17-12-8-10-13(22-2)11-9-12/h4-11,18H,3H2,1-2H3,(H,17,19). The van der Waals surface area contributed by atoms with Crippen LogP contribution in [0.4, 0.5) is 11.4 Å². The van der Waals surface area contributed by atoms with Crippen LogP contribution in [0.1, 0.15) is 17.3 Å². The maximum atomic E-state index is 12.4. The Morgan fingerprint density at radius 1 is 1.09 bits per heavy atom. The zero-order chi connectivity index (χ0) is 16.9. The first-order chi connectivity index (χ1) is 10.9.